The minimum absolute atomic E-state index is 0.0335. The van der Waals surface area contributed by atoms with Crippen LogP contribution < -0.4 is 0 Å². The van der Waals surface area contributed by atoms with Gasteiger partial charge >= 0.3 is 0 Å². The summed E-state index contributed by atoms with van der Waals surface area (Å²) in [6.45, 7) is 4.62. The van der Waals surface area contributed by atoms with Crippen LogP contribution in [-0.2, 0) is 4.79 Å². The first-order valence-electron chi connectivity index (χ1n) is 6.07. The van der Waals surface area contributed by atoms with Crippen molar-refractivity contribution in [3.8, 4) is 0 Å². The normalized spacial score (nSPS) is 13.1. The van der Waals surface area contributed by atoms with E-state index in [1.165, 1.54) is 6.92 Å². The Bertz CT molecular complexity index is 468. The monoisotopic (exact) mass is 281 g/mol. The van der Waals surface area contributed by atoms with Crippen LogP contribution in [-0.4, -0.2) is 22.5 Å². The molecule has 0 spiro atoms. The molecule has 0 aliphatic heterocycles. The summed E-state index contributed by atoms with van der Waals surface area (Å²) in [5, 5.41) is 11.2. The van der Waals surface area contributed by atoms with Gasteiger partial charge in [0.05, 0.1) is 5.92 Å². The second-order valence-electron chi connectivity index (χ2n) is 5.14. The molecule has 1 rings (SSSR count). The Morgan fingerprint density at radius 3 is 2.26 bits per heavy atom. The van der Waals surface area contributed by atoms with Crippen molar-refractivity contribution in [2.75, 3.05) is 6.26 Å². The first kappa shape index (κ1) is 15.7. The standard InChI is InChI=1S/C14H19NO3S/c1-10(16)9-13(14(2,3)15(17)18)11-5-7-12(19-4)8-6-11/h5-8,13H,9H2,1-4H3/t13-/m0/s1. The molecular formula is C14H19NO3S. The van der Waals surface area contributed by atoms with E-state index in [1.54, 1.807) is 25.6 Å². The summed E-state index contributed by atoms with van der Waals surface area (Å²) < 4.78 is 0. The molecule has 0 fully saturated rings. The van der Waals surface area contributed by atoms with E-state index in [4.69, 9.17) is 0 Å². The van der Waals surface area contributed by atoms with E-state index < -0.39 is 11.5 Å². The molecule has 0 saturated carbocycles. The fourth-order valence-electron chi connectivity index (χ4n) is 2.03. The zero-order chi connectivity index (χ0) is 14.6. The van der Waals surface area contributed by atoms with Crippen LogP contribution in [0.4, 0.5) is 0 Å². The van der Waals surface area contributed by atoms with Gasteiger partial charge in [-0.05, 0) is 30.9 Å². The highest BCUT2D eigenvalue weighted by Crippen LogP contribution is 2.34. The lowest BCUT2D eigenvalue weighted by atomic mass is 9.79. The molecule has 4 nitrogen and oxygen atoms in total. The van der Waals surface area contributed by atoms with Gasteiger partial charge in [0.15, 0.2) is 0 Å². The lowest BCUT2D eigenvalue weighted by Crippen LogP contribution is -2.39. The minimum atomic E-state index is -1.16. The Morgan fingerprint density at radius 1 is 1.37 bits per heavy atom. The summed E-state index contributed by atoms with van der Waals surface area (Å²) in [6.07, 6.45) is 2.16. The van der Waals surface area contributed by atoms with Crippen LogP contribution in [0.2, 0.25) is 0 Å². The number of benzene rings is 1. The van der Waals surface area contributed by atoms with Gasteiger partial charge in [0, 0.05) is 30.1 Å². The van der Waals surface area contributed by atoms with Crippen molar-refractivity contribution in [3.63, 3.8) is 0 Å². The predicted molar refractivity (Wildman–Crippen MR) is 77.3 cm³/mol. The smallest absolute Gasteiger partial charge is 0.223 e. The average Bonchev–Trinajstić information content (AvgIpc) is 2.35. The molecule has 0 saturated heterocycles. The van der Waals surface area contributed by atoms with Crippen molar-refractivity contribution >= 4 is 17.5 Å². The summed E-state index contributed by atoms with van der Waals surface area (Å²) in [6, 6.07) is 7.63. The molecule has 0 heterocycles. The highest BCUT2D eigenvalue weighted by Gasteiger charge is 2.42. The molecule has 104 valence electrons. The maximum Gasteiger partial charge on any atom is 0.223 e. The summed E-state index contributed by atoms with van der Waals surface area (Å²) >= 11 is 1.62. The molecular weight excluding hydrogens is 262 g/mol. The largest absolute Gasteiger partial charge is 0.300 e. The topological polar surface area (TPSA) is 60.2 Å². The molecule has 5 heteroatoms. The molecule has 0 amide bonds. The van der Waals surface area contributed by atoms with Gasteiger partial charge in [-0.25, -0.2) is 0 Å². The van der Waals surface area contributed by atoms with Crippen LogP contribution >= 0.6 is 11.8 Å². The Labute approximate surface area is 117 Å². The van der Waals surface area contributed by atoms with Crippen LogP contribution in [0.5, 0.6) is 0 Å². The fraction of sp³-hybridized carbons (Fsp3) is 0.500. The molecule has 19 heavy (non-hydrogen) atoms. The van der Waals surface area contributed by atoms with Gasteiger partial charge in [-0.1, -0.05) is 12.1 Å². The van der Waals surface area contributed by atoms with Gasteiger partial charge < -0.3 is 4.79 Å². The zero-order valence-corrected chi connectivity index (χ0v) is 12.5. The van der Waals surface area contributed by atoms with Gasteiger partial charge in [0.25, 0.3) is 0 Å². The van der Waals surface area contributed by atoms with Gasteiger partial charge in [-0.2, -0.15) is 0 Å². The van der Waals surface area contributed by atoms with E-state index in [0.29, 0.717) is 0 Å². The summed E-state index contributed by atoms with van der Waals surface area (Å²) in [5.41, 5.74) is -0.318. The molecule has 0 N–H and O–H groups in total. The number of thioether (sulfide) groups is 1. The van der Waals surface area contributed by atoms with Crippen molar-refractivity contribution in [2.45, 2.75) is 43.5 Å². The summed E-state index contributed by atoms with van der Waals surface area (Å²) in [4.78, 5) is 23.4. The number of hydrogen-bond donors (Lipinski definition) is 0. The Morgan fingerprint density at radius 2 is 1.89 bits per heavy atom. The second-order valence-corrected chi connectivity index (χ2v) is 6.02. The lowest BCUT2D eigenvalue weighted by molar-refractivity contribution is -0.565. The lowest BCUT2D eigenvalue weighted by Gasteiger charge is -2.26. The van der Waals surface area contributed by atoms with Gasteiger partial charge in [-0.3, -0.25) is 10.1 Å². The second kappa shape index (κ2) is 6.19. The molecule has 1 aromatic rings. The van der Waals surface area contributed by atoms with Crippen molar-refractivity contribution in [2.24, 2.45) is 0 Å². The highest BCUT2D eigenvalue weighted by molar-refractivity contribution is 7.98. The number of nitrogens with zero attached hydrogens (tertiary/aromatic N) is 1. The van der Waals surface area contributed by atoms with Crippen LogP contribution in [0.25, 0.3) is 0 Å². The molecule has 1 aromatic carbocycles. The number of hydrogen-bond acceptors (Lipinski definition) is 4. The van der Waals surface area contributed by atoms with E-state index in [1.807, 2.05) is 30.5 Å². The maximum absolute atomic E-state index is 11.4. The van der Waals surface area contributed by atoms with E-state index in [0.717, 1.165) is 10.5 Å². The maximum atomic E-state index is 11.4. The van der Waals surface area contributed by atoms with E-state index in [2.05, 4.69) is 0 Å². The highest BCUT2D eigenvalue weighted by atomic mass is 32.2. The molecule has 0 aliphatic rings. The van der Waals surface area contributed by atoms with Crippen molar-refractivity contribution < 1.29 is 9.72 Å². The van der Waals surface area contributed by atoms with E-state index in [9.17, 15) is 14.9 Å². The minimum Gasteiger partial charge on any atom is -0.300 e. The average molecular weight is 281 g/mol. The molecule has 0 aromatic heterocycles. The summed E-state index contributed by atoms with van der Waals surface area (Å²) in [7, 11) is 0. The van der Waals surface area contributed by atoms with Gasteiger partial charge in [0.2, 0.25) is 5.54 Å². The van der Waals surface area contributed by atoms with Gasteiger partial charge in [0.1, 0.15) is 5.78 Å². The predicted octanol–water partition coefficient (Wildman–Crippen LogP) is 3.53. The van der Waals surface area contributed by atoms with Crippen LogP contribution in [0.15, 0.2) is 29.2 Å². The zero-order valence-electron chi connectivity index (χ0n) is 11.7. The first-order valence-corrected chi connectivity index (χ1v) is 7.29. The number of ketones is 1. The quantitative estimate of drug-likeness (QED) is 0.454. The van der Waals surface area contributed by atoms with Crippen LogP contribution in [0.3, 0.4) is 0 Å². The van der Waals surface area contributed by atoms with Crippen molar-refractivity contribution in [1.82, 2.24) is 0 Å². The third kappa shape index (κ3) is 3.80. The molecule has 0 unspecified atom stereocenters. The molecule has 0 bridgehead atoms. The van der Waals surface area contributed by atoms with Crippen molar-refractivity contribution in [1.29, 1.82) is 0 Å². The van der Waals surface area contributed by atoms with E-state index in [-0.39, 0.29) is 17.1 Å². The van der Waals surface area contributed by atoms with Crippen LogP contribution in [0.1, 0.15) is 38.7 Å². The van der Waals surface area contributed by atoms with E-state index >= 15 is 0 Å². The summed E-state index contributed by atoms with van der Waals surface area (Å²) in [5.74, 6) is -0.440. The number of carbonyl (C=O) groups is 1. The number of Topliss-reactive ketones (excluding diaryl/α,β-unsaturated/α-hetero) is 1. The number of carbonyl (C=O) groups excluding carboxylic acids is 1. The SMILES string of the molecule is CSc1ccc([C@H](CC(C)=O)C(C)(C)[N+](=O)[O-])cc1. The number of nitro groups is 1. The van der Waals surface area contributed by atoms with Crippen LogP contribution in [0, 0.1) is 10.1 Å². The molecule has 0 radical (unpaired) electrons. The first-order chi connectivity index (χ1) is 8.78. The fourth-order valence-corrected chi connectivity index (χ4v) is 2.43. The Hall–Kier alpha value is -1.36. The Kier molecular flexibility index (Phi) is 5.11. The molecule has 1 atom stereocenters. The third-order valence-corrected chi connectivity index (χ3v) is 4.08. The Balaban J connectivity index is 3.15. The number of rotatable bonds is 6. The molecule has 0 aliphatic carbocycles. The van der Waals surface area contributed by atoms with Gasteiger partial charge in [-0.15, -0.1) is 11.8 Å². The third-order valence-electron chi connectivity index (χ3n) is 3.33. The van der Waals surface area contributed by atoms with Crippen molar-refractivity contribution in [3.05, 3.63) is 39.9 Å².